The van der Waals surface area contributed by atoms with Gasteiger partial charge in [-0.05, 0) is 45.4 Å². The number of nitrogens with one attached hydrogen (secondary N) is 1. The number of hydrogen-bond acceptors (Lipinski definition) is 10. The number of aromatic nitrogens is 5. The molecular weight excluding hydrogens is 502 g/mol. The van der Waals surface area contributed by atoms with Gasteiger partial charge in [0, 0.05) is 25.8 Å². The van der Waals surface area contributed by atoms with E-state index in [9.17, 15) is 4.79 Å². The zero-order valence-electron chi connectivity index (χ0n) is 22.8. The van der Waals surface area contributed by atoms with E-state index in [0.717, 1.165) is 28.0 Å². The number of fused-ring (bicyclic) bond motifs is 1. The van der Waals surface area contributed by atoms with Gasteiger partial charge >= 0.3 is 6.09 Å². The molecule has 0 aliphatic carbocycles. The van der Waals surface area contributed by atoms with Crippen LogP contribution in [0.3, 0.4) is 0 Å². The molecule has 0 bridgehead atoms. The first kappa shape index (κ1) is 26.4. The van der Waals surface area contributed by atoms with Crippen molar-refractivity contribution in [2.45, 2.75) is 45.9 Å². The number of methoxy groups -OCH3 is 1. The van der Waals surface area contributed by atoms with E-state index in [1.807, 2.05) is 55.9 Å². The smallest absolute Gasteiger partial charge is 0.407 e. The summed E-state index contributed by atoms with van der Waals surface area (Å²) in [5, 5.41) is 12.3. The number of ether oxygens (including phenoxy) is 3. The molecule has 39 heavy (non-hydrogen) atoms. The van der Waals surface area contributed by atoms with Gasteiger partial charge < -0.3 is 29.0 Å². The fraction of sp³-hybridized carbons (Fsp3) is 0.444. The molecule has 1 atom stereocenters. The Hall–Kier alpha value is -4.19. The molecule has 1 aliphatic heterocycles. The predicted molar refractivity (Wildman–Crippen MR) is 144 cm³/mol. The second kappa shape index (κ2) is 10.9. The van der Waals surface area contributed by atoms with Gasteiger partial charge in [0.25, 0.3) is 5.89 Å². The third-order valence-corrected chi connectivity index (χ3v) is 6.22. The first-order valence-corrected chi connectivity index (χ1v) is 12.8. The molecule has 12 heteroatoms. The lowest BCUT2D eigenvalue weighted by Crippen LogP contribution is -2.48. The zero-order valence-corrected chi connectivity index (χ0v) is 22.8. The van der Waals surface area contributed by atoms with E-state index in [-0.39, 0.29) is 6.10 Å². The van der Waals surface area contributed by atoms with E-state index in [4.69, 9.17) is 23.7 Å². The minimum atomic E-state index is -0.574. The number of aryl methyl sites for hydroxylation is 1. The molecule has 1 aliphatic rings. The summed E-state index contributed by atoms with van der Waals surface area (Å²) in [7, 11) is 1.65. The molecule has 5 rings (SSSR count). The molecule has 3 aromatic heterocycles. The Bertz CT molecular complexity index is 1440. The minimum Gasteiger partial charge on any atom is -0.497 e. The topological polar surface area (TPSA) is 130 Å². The maximum Gasteiger partial charge on any atom is 0.407 e. The molecule has 4 heterocycles. The van der Waals surface area contributed by atoms with Crippen LogP contribution in [0.1, 0.15) is 32.2 Å². The van der Waals surface area contributed by atoms with Gasteiger partial charge in [-0.25, -0.2) is 14.5 Å². The van der Waals surface area contributed by atoms with Crippen molar-refractivity contribution < 1.29 is 23.5 Å². The monoisotopic (exact) mass is 535 g/mol. The average molecular weight is 536 g/mol. The number of rotatable bonds is 7. The highest BCUT2D eigenvalue weighted by Crippen LogP contribution is 2.37. The van der Waals surface area contributed by atoms with Crippen molar-refractivity contribution in [3.05, 3.63) is 48.0 Å². The zero-order chi connectivity index (χ0) is 27.6. The quantitative estimate of drug-likeness (QED) is 0.375. The Balaban J connectivity index is 1.44. The predicted octanol–water partition coefficient (Wildman–Crippen LogP) is 3.58. The van der Waals surface area contributed by atoms with Crippen molar-refractivity contribution in [1.29, 1.82) is 0 Å². The molecule has 1 saturated heterocycles. The van der Waals surface area contributed by atoms with Gasteiger partial charge in [-0.1, -0.05) is 17.3 Å². The Kier molecular flexibility index (Phi) is 7.38. The van der Waals surface area contributed by atoms with Crippen LogP contribution in [0.4, 0.5) is 10.5 Å². The molecule has 12 nitrogen and oxygen atoms in total. The van der Waals surface area contributed by atoms with Crippen molar-refractivity contribution in [1.82, 2.24) is 30.2 Å². The van der Waals surface area contributed by atoms with Gasteiger partial charge in [-0.2, -0.15) is 10.1 Å². The van der Waals surface area contributed by atoms with Crippen LogP contribution in [0.25, 0.3) is 22.5 Å². The highest BCUT2D eigenvalue weighted by Gasteiger charge is 2.28. The maximum absolute atomic E-state index is 12.2. The number of nitrogens with zero attached hydrogens (tertiary/aromatic N) is 6. The summed E-state index contributed by atoms with van der Waals surface area (Å²) in [6, 6.07) is 7.87. The summed E-state index contributed by atoms with van der Waals surface area (Å²) in [6.45, 7) is 9.76. The third-order valence-electron chi connectivity index (χ3n) is 6.22. The number of amides is 1. The van der Waals surface area contributed by atoms with Crippen molar-refractivity contribution >= 4 is 22.8 Å². The highest BCUT2D eigenvalue weighted by molar-refractivity contribution is 5.97. The number of alkyl carbamates (subject to hydrolysis) is 1. The van der Waals surface area contributed by atoms with Crippen LogP contribution < -0.4 is 15.0 Å². The molecule has 0 spiro atoms. The molecule has 4 aromatic rings. The number of carbonyl (C=O) groups excluding carboxylic acids is 1. The molecule has 0 saturated carbocycles. The number of pyridine rings is 1. The number of hydrogen-bond donors (Lipinski definition) is 1. The SMILES string of the molecule is COc1ccc(Cn2ncc3c(N4CCOC(CNC(=O)OC(C)(C)C)C4)c(-c4nc(C)no4)cnc32)cc1. The fourth-order valence-corrected chi connectivity index (χ4v) is 4.49. The van der Waals surface area contributed by atoms with E-state index in [0.29, 0.717) is 50.1 Å². The van der Waals surface area contributed by atoms with Gasteiger partial charge in [0.2, 0.25) is 0 Å². The Morgan fingerprint density at radius 3 is 2.69 bits per heavy atom. The summed E-state index contributed by atoms with van der Waals surface area (Å²) in [6.07, 6.45) is 2.84. The summed E-state index contributed by atoms with van der Waals surface area (Å²) >= 11 is 0. The lowest BCUT2D eigenvalue weighted by atomic mass is 10.1. The van der Waals surface area contributed by atoms with Crippen LogP contribution in [0.2, 0.25) is 0 Å². The molecule has 1 unspecified atom stereocenters. The van der Waals surface area contributed by atoms with Crippen LogP contribution in [-0.4, -0.2) is 76.1 Å². The fourth-order valence-electron chi connectivity index (χ4n) is 4.49. The summed E-state index contributed by atoms with van der Waals surface area (Å²) in [5.41, 5.74) is 2.83. The summed E-state index contributed by atoms with van der Waals surface area (Å²) < 4.78 is 24.0. The highest BCUT2D eigenvalue weighted by atomic mass is 16.6. The van der Waals surface area contributed by atoms with E-state index >= 15 is 0 Å². The van der Waals surface area contributed by atoms with Crippen molar-refractivity contribution in [3.8, 4) is 17.2 Å². The standard InChI is InChI=1S/C27H33N7O5/c1-17-31-25(39-32-17)22-13-28-24-21(14-30-34(24)15-18-6-8-19(36-5)9-7-18)23(22)33-10-11-37-20(16-33)12-29-26(35)38-27(2,3)4/h6-9,13-14,20H,10-12,15-16H2,1-5H3,(H,29,35). The second-order valence-corrected chi connectivity index (χ2v) is 10.4. The number of carbonyl (C=O) groups is 1. The third kappa shape index (κ3) is 6.11. The minimum absolute atomic E-state index is 0.249. The Labute approximate surface area is 226 Å². The lowest BCUT2D eigenvalue weighted by molar-refractivity contribution is 0.0283. The maximum atomic E-state index is 12.2. The van der Waals surface area contributed by atoms with Crippen LogP contribution in [-0.2, 0) is 16.0 Å². The Morgan fingerprint density at radius 1 is 1.21 bits per heavy atom. The number of benzene rings is 1. The van der Waals surface area contributed by atoms with Crippen molar-refractivity contribution in [2.75, 3.05) is 38.3 Å². The van der Waals surface area contributed by atoms with Crippen LogP contribution in [0.5, 0.6) is 5.75 Å². The number of anilines is 1. The van der Waals surface area contributed by atoms with Crippen LogP contribution >= 0.6 is 0 Å². The van der Waals surface area contributed by atoms with E-state index in [1.54, 1.807) is 20.2 Å². The molecule has 206 valence electrons. The average Bonchev–Trinajstić information content (AvgIpc) is 3.52. The molecule has 1 aromatic carbocycles. The van der Waals surface area contributed by atoms with Gasteiger partial charge in [0.1, 0.15) is 11.4 Å². The van der Waals surface area contributed by atoms with E-state index in [2.05, 4.69) is 25.5 Å². The van der Waals surface area contributed by atoms with Gasteiger partial charge in [0.05, 0.1) is 49.2 Å². The van der Waals surface area contributed by atoms with E-state index < -0.39 is 11.7 Å². The Morgan fingerprint density at radius 2 is 2.00 bits per heavy atom. The summed E-state index contributed by atoms with van der Waals surface area (Å²) in [5.74, 6) is 1.72. The molecule has 1 fully saturated rings. The van der Waals surface area contributed by atoms with Gasteiger partial charge in [-0.15, -0.1) is 0 Å². The summed E-state index contributed by atoms with van der Waals surface area (Å²) in [4.78, 5) is 23.6. The number of morpholine rings is 1. The van der Waals surface area contributed by atoms with Crippen LogP contribution in [0.15, 0.2) is 41.2 Å². The normalized spacial score (nSPS) is 15.9. The largest absolute Gasteiger partial charge is 0.497 e. The molecular formula is C27H33N7O5. The van der Waals surface area contributed by atoms with Crippen molar-refractivity contribution in [2.24, 2.45) is 0 Å². The molecule has 0 radical (unpaired) electrons. The molecule has 1 amide bonds. The first-order chi connectivity index (χ1) is 18.7. The van der Waals surface area contributed by atoms with Gasteiger partial charge in [0.15, 0.2) is 11.5 Å². The van der Waals surface area contributed by atoms with Gasteiger partial charge in [-0.3, -0.25) is 0 Å². The first-order valence-electron chi connectivity index (χ1n) is 12.8. The lowest BCUT2D eigenvalue weighted by Gasteiger charge is -2.35. The van der Waals surface area contributed by atoms with Crippen molar-refractivity contribution in [3.63, 3.8) is 0 Å². The second-order valence-electron chi connectivity index (χ2n) is 10.4. The van der Waals surface area contributed by atoms with Crippen LogP contribution in [0, 0.1) is 6.92 Å². The van der Waals surface area contributed by atoms with E-state index in [1.165, 1.54) is 0 Å². The molecule has 1 N–H and O–H groups in total.